The van der Waals surface area contributed by atoms with Crippen LogP contribution in [0.1, 0.15) is 12.8 Å². The van der Waals surface area contributed by atoms with Gasteiger partial charge in [-0.25, -0.2) is 4.98 Å². The predicted molar refractivity (Wildman–Crippen MR) is 102 cm³/mol. The number of β-amino-alcohol motifs (C(OH)–C–C–N with tert-alkyl or cyclic N) is 1. The maximum Gasteiger partial charge on any atom is 0.231 e. The van der Waals surface area contributed by atoms with Gasteiger partial charge in [-0.15, -0.1) is 24.8 Å². The summed E-state index contributed by atoms with van der Waals surface area (Å²) < 4.78 is 18.3. The second kappa shape index (κ2) is 8.35. The Labute approximate surface area is 164 Å². The third-order valence-electron chi connectivity index (χ3n) is 4.57. The van der Waals surface area contributed by atoms with Crippen LogP contribution in [0.2, 0.25) is 0 Å². The van der Waals surface area contributed by atoms with Gasteiger partial charge in [0, 0.05) is 25.0 Å². The number of imidazole rings is 1. The first-order valence-electron chi connectivity index (χ1n) is 8.11. The van der Waals surface area contributed by atoms with Crippen molar-refractivity contribution in [1.82, 2.24) is 14.9 Å². The molecule has 0 amide bonds. The zero-order chi connectivity index (χ0) is 16.6. The van der Waals surface area contributed by atoms with Gasteiger partial charge in [0.15, 0.2) is 11.5 Å². The summed E-state index contributed by atoms with van der Waals surface area (Å²) in [5.41, 5.74) is 0.0520. The van der Waals surface area contributed by atoms with Crippen molar-refractivity contribution < 1.29 is 19.3 Å². The molecule has 1 aromatic carbocycles. The molecule has 1 unspecified atom stereocenters. The third kappa shape index (κ3) is 3.86. The lowest BCUT2D eigenvalue weighted by atomic mass is 9.94. The van der Waals surface area contributed by atoms with E-state index in [2.05, 4.69) is 10.3 Å². The van der Waals surface area contributed by atoms with E-state index in [1.807, 2.05) is 22.9 Å². The monoisotopic (exact) mass is 403 g/mol. The molecule has 3 heterocycles. The number of nitrogens with zero attached hydrogens (tertiary/aromatic N) is 2. The molecule has 9 heteroatoms. The van der Waals surface area contributed by atoms with Crippen LogP contribution >= 0.6 is 24.8 Å². The molecule has 2 aliphatic heterocycles. The second-order valence-electron chi connectivity index (χ2n) is 6.29. The van der Waals surface area contributed by atoms with Crippen molar-refractivity contribution in [3.63, 3.8) is 0 Å². The molecule has 26 heavy (non-hydrogen) atoms. The molecule has 0 spiro atoms. The molecule has 7 nitrogen and oxygen atoms in total. The average Bonchev–Trinajstić information content (AvgIpc) is 3.22. The summed E-state index contributed by atoms with van der Waals surface area (Å²) in [6.45, 7) is 2.23. The lowest BCUT2D eigenvalue weighted by Gasteiger charge is -2.33. The maximum absolute atomic E-state index is 10.8. The number of halogens is 2. The highest BCUT2D eigenvalue weighted by Gasteiger charge is 2.31. The molecular weight excluding hydrogens is 381 g/mol. The molecule has 144 valence electrons. The molecule has 2 aromatic rings. The van der Waals surface area contributed by atoms with Crippen molar-refractivity contribution >= 4 is 24.8 Å². The van der Waals surface area contributed by atoms with Gasteiger partial charge in [0.25, 0.3) is 0 Å². The van der Waals surface area contributed by atoms with Crippen LogP contribution in [0.15, 0.2) is 24.5 Å². The highest BCUT2D eigenvalue weighted by molar-refractivity contribution is 5.85. The lowest BCUT2D eigenvalue weighted by molar-refractivity contribution is 0.00105. The summed E-state index contributed by atoms with van der Waals surface area (Å²) in [6, 6.07) is 3.69. The molecule has 1 saturated heterocycles. The van der Waals surface area contributed by atoms with Crippen LogP contribution in [-0.4, -0.2) is 47.3 Å². The number of methoxy groups -OCH3 is 1. The number of piperidine rings is 1. The highest BCUT2D eigenvalue weighted by Crippen LogP contribution is 2.42. The third-order valence-corrected chi connectivity index (χ3v) is 4.57. The van der Waals surface area contributed by atoms with Gasteiger partial charge >= 0.3 is 0 Å². The number of aromatic nitrogens is 2. The number of hydrogen-bond acceptors (Lipinski definition) is 6. The minimum absolute atomic E-state index is 0. The minimum atomic E-state index is -0.767. The largest absolute Gasteiger partial charge is 0.496 e. The Hall–Kier alpha value is -1.67. The fourth-order valence-corrected chi connectivity index (χ4v) is 3.35. The molecule has 2 N–H and O–H groups in total. The number of nitrogens with one attached hydrogen (secondary N) is 1. The van der Waals surface area contributed by atoms with Gasteiger partial charge in [-0.1, -0.05) is 0 Å². The van der Waals surface area contributed by atoms with Crippen molar-refractivity contribution in [1.29, 1.82) is 0 Å². The van der Waals surface area contributed by atoms with E-state index in [0.717, 1.165) is 30.8 Å². The van der Waals surface area contributed by atoms with E-state index in [0.29, 0.717) is 30.3 Å². The molecule has 0 radical (unpaired) electrons. The van der Waals surface area contributed by atoms with Crippen molar-refractivity contribution in [2.24, 2.45) is 0 Å². The summed E-state index contributed by atoms with van der Waals surface area (Å²) in [5, 5.41) is 14.1. The van der Waals surface area contributed by atoms with Gasteiger partial charge < -0.3 is 29.2 Å². The zero-order valence-corrected chi connectivity index (χ0v) is 16.1. The summed E-state index contributed by atoms with van der Waals surface area (Å²) >= 11 is 0. The summed E-state index contributed by atoms with van der Waals surface area (Å²) in [4.78, 5) is 4.47. The molecule has 1 fully saturated rings. The first-order chi connectivity index (χ1) is 11.7. The fourth-order valence-electron chi connectivity index (χ4n) is 3.35. The summed E-state index contributed by atoms with van der Waals surface area (Å²) in [5.74, 6) is 2.76. The topological polar surface area (TPSA) is 77.8 Å². The lowest BCUT2D eigenvalue weighted by Crippen LogP contribution is -2.48. The van der Waals surface area contributed by atoms with E-state index in [4.69, 9.17) is 14.2 Å². The van der Waals surface area contributed by atoms with Gasteiger partial charge in [-0.05, 0) is 25.5 Å². The molecule has 0 saturated carbocycles. The van der Waals surface area contributed by atoms with Crippen LogP contribution in [0, 0.1) is 0 Å². The Kier molecular flexibility index (Phi) is 6.63. The maximum atomic E-state index is 10.8. The standard InChI is InChI=1S/C17H21N3O4.2ClH/c1-22-13-8-15-14(23-11-24-15)7-12(13)16-19-5-6-20(16)10-17(21)3-2-4-18-9-17;;/h5-8,18,21H,2-4,9-11H2,1H3;2*1H. The Bertz CT molecular complexity index is 748. The molecule has 0 aliphatic carbocycles. The van der Waals surface area contributed by atoms with E-state index in [1.54, 1.807) is 13.3 Å². The summed E-state index contributed by atoms with van der Waals surface area (Å²) in [7, 11) is 1.62. The van der Waals surface area contributed by atoms with Crippen LogP contribution < -0.4 is 19.5 Å². The van der Waals surface area contributed by atoms with Gasteiger partial charge in [0.1, 0.15) is 11.6 Å². The van der Waals surface area contributed by atoms with Gasteiger partial charge in [0.05, 0.1) is 24.8 Å². The van der Waals surface area contributed by atoms with Crippen molar-refractivity contribution in [3.8, 4) is 28.6 Å². The number of benzene rings is 1. The Morgan fingerprint density at radius 3 is 2.77 bits per heavy atom. The zero-order valence-electron chi connectivity index (χ0n) is 14.4. The van der Waals surface area contributed by atoms with Crippen LogP contribution in [0.25, 0.3) is 11.4 Å². The van der Waals surface area contributed by atoms with E-state index in [9.17, 15) is 5.11 Å². The van der Waals surface area contributed by atoms with E-state index in [1.165, 1.54) is 0 Å². The Morgan fingerprint density at radius 1 is 1.31 bits per heavy atom. The smallest absolute Gasteiger partial charge is 0.231 e. The summed E-state index contributed by atoms with van der Waals surface area (Å²) in [6.07, 6.45) is 5.36. The van der Waals surface area contributed by atoms with Crippen molar-refractivity contribution in [3.05, 3.63) is 24.5 Å². The van der Waals surface area contributed by atoms with E-state index >= 15 is 0 Å². The van der Waals surface area contributed by atoms with Gasteiger partial charge in [-0.3, -0.25) is 0 Å². The molecule has 0 bridgehead atoms. The number of fused-ring (bicyclic) bond motifs is 1. The van der Waals surface area contributed by atoms with Crippen LogP contribution in [-0.2, 0) is 6.54 Å². The molecule has 4 rings (SSSR count). The minimum Gasteiger partial charge on any atom is -0.496 e. The highest BCUT2D eigenvalue weighted by atomic mass is 35.5. The predicted octanol–water partition coefficient (Wildman–Crippen LogP) is 2.25. The Morgan fingerprint density at radius 2 is 2.08 bits per heavy atom. The SMILES string of the molecule is COc1cc2c(cc1-c1nccn1CC1(O)CCCNC1)OCO2.Cl.Cl. The molecule has 2 aliphatic rings. The Balaban J connectivity index is 0.00000121. The van der Waals surface area contributed by atoms with Gasteiger partial charge in [-0.2, -0.15) is 0 Å². The van der Waals surface area contributed by atoms with Gasteiger partial charge in [0.2, 0.25) is 6.79 Å². The number of ether oxygens (including phenoxy) is 3. The van der Waals surface area contributed by atoms with E-state index < -0.39 is 5.60 Å². The molecule has 1 aromatic heterocycles. The normalized spacial score (nSPS) is 20.8. The fraction of sp³-hybridized carbons (Fsp3) is 0.471. The molecule has 1 atom stereocenters. The van der Waals surface area contributed by atoms with Crippen molar-refractivity contribution in [2.45, 2.75) is 25.0 Å². The van der Waals surface area contributed by atoms with Crippen LogP contribution in [0.4, 0.5) is 0 Å². The first kappa shape index (κ1) is 20.6. The average molecular weight is 404 g/mol. The quantitative estimate of drug-likeness (QED) is 0.814. The van der Waals surface area contributed by atoms with Crippen LogP contribution in [0.5, 0.6) is 17.2 Å². The number of hydrogen-bond donors (Lipinski definition) is 2. The second-order valence-corrected chi connectivity index (χ2v) is 6.29. The van der Waals surface area contributed by atoms with Crippen LogP contribution in [0.3, 0.4) is 0 Å². The first-order valence-corrected chi connectivity index (χ1v) is 8.11. The van der Waals surface area contributed by atoms with E-state index in [-0.39, 0.29) is 31.6 Å². The number of rotatable bonds is 4. The number of aliphatic hydroxyl groups is 1. The molecular formula is C17H23Cl2N3O4. The van der Waals surface area contributed by atoms with Crippen molar-refractivity contribution in [2.75, 3.05) is 27.0 Å².